The molecule has 0 saturated carbocycles. The maximum absolute atomic E-state index is 11.4. The van der Waals surface area contributed by atoms with Gasteiger partial charge in [-0.05, 0) is 23.6 Å². The smallest absolute Gasteiger partial charge is 0.337 e. The molecule has 1 aromatic carbocycles. The van der Waals surface area contributed by atoms with Crippen LogP contribution in [-0.4, -0.2) is 22.6 Å². The number of nitrogens with zero attached hydrogens (tertiary/aromatic N) is 2. The Morgan fingerprint density at radius 3 is 2.60 bits per heavy atom. The zero-order valence-corrected chi connectivity index (χ0v) is 12.2. The van der Waals surface area contributed by atoms with E-state index in [1.807, 2.05) is 24.5 Å². The molecule has 0 aliphatic rings. The molecule has 0 amide bonds. The third-order valence-electron chi connectivity index (χ3n) is 3.12. The zero-order valence-electron chi connectivity index (χ0n) is 12.2. The summed E-state index contributed by atoms with van der Waals surface area (Å²) in [6, 6.07) is 7.48. The first-order valence-corrected chi connectivity index (χ1v) is 6.77. The molecule has 1 heterocycles. The predicted octanol–water partition coefficient (Wildman–Crippen LogP) is 2.92. The number of ether oxygens (including phenoxy) is 1. The van der Waals surface area contributed by atoms with Crippen molar-refractivity contribution in [3.05, 3.63) is 53.6 Å². The third kappa shape index (κ3) is 3.47. The summed E-state index contributed by atoms with van der Waals surface area (Å²) in [5, 5.41) is 0. The van der Waals surface area contributed by atoms with Gasteiger partial charge in [-0.15, -0.1) is 0 Å². The van der Waals surface area contributed by atoms with Gasteiger partial charge in [-0.2, -0.15) is 0 Å². The first-order valence-electron chi connectivity index (χ1n) is 6.77. The van der Waals surface area contributed by atoms with E-state index < -0.39 is 0 Å². The Morgan fingerprint density at radius 2 is 2.00 bits per heavy atom. The highest BCUT2D eigenvalue weighted by atomic mass is 16.5. The Balaban J connectivity index is 2.10. The molecule has 0 aliphatic carbocycles. The Labute approximate surface area is 119 Å². The van der Waals surface area contributed by atoms with Gasteiger partial charge >= 0.3 is 5.97 Å². The van der Waals surface area contributed by atoms with E-state index in [0.29, 0.717) is 11.5 Å². The summed E-state index contributed by atoms with van der Waals surface area (Å²) in [5.74, 6) is 1.37. The molecule has 0 unspecified atom stereocenters. The molecule has 0 bridgehead atoms. The van der Waals surface area contributed by atoms with Crippen LogP contribution in [0.25, 0.3) is 0 Å². The first-order chi connectivity index (χ1) is 9.60. The van der Waals surface area contributed by atoms with Gasteiger partial charge in [0, 0.05) is 25.4 Å². The fourth-order valence-electron chi connectivity index (χ4n) is 2.10. The second kappa shape index (κ2) is 6.37. The summed E-state index contributed by atoms with van der Waals surface area (Å²) >= 11 is 0. The molecule has 0 aliphatic heterocycles. The van der Waals surface area contributed by atoms with E-state index in [-0.39, 0.29) is 5.97 Å². The molecule has 0 spiro atoms. The van der Waals surface area contributed by atoms with Gasteiger partial charge in [-0.25, -0.2) is 9.78 Å². The maximum atomic E-state index is 11.4. The summed E-state index contributed by atoms with van der Waals surface area (Å²) < 4.78 is 6.84. The van der Waals surface area contributed by atoms with Gasteiger partial charge < -0.3 is 9.30 Å². The number of methoxy groups -OCH3 is 1. The van der Waals surface area contributed by atoms with E-state index >= 15 is 0 Å². The molecule has 0 atom stereocenters. The highest BCUT2D eigenvalue weighted by Crippen LogP contribution is 2.11. The Bertz CT molecular complexity index is 570. The molecule has 106 valence electrons. The number of benzene rings is 1. The monoisotopic (exact) mass is 272 g/mol. The van der Waals surface area contributed by atoms with Crippen molar-refractivity contribution < 1.29 is 9.53 Å². The van der Waals surface area contributed by atoms with Crippen molar-refractivity contribution in [3.8, 4) is 0 Å². The summed E-state index contributed by atoms with van der Waals surface area (Å²) in [6.45, 7) is 5.14. The van der Waals surface area contributed by atoms with Gasteiger partial charge in [-0.3, -0.25) is 0 Å². The van der Waals surface area contributed by atoms with Crippen molar-refractivity contribution in [2.45, 2.75) is 26.8 Å². The molecule has 0 fully saturated rings. The van der Waals surface area contributed by atoms with Gasteiger partial charge in [0.2, 0.25) is 0 Å². The number of hydrogen-bond acceptors (Lipinski definition) is 3. The van der Waals surface area contributed by atoms with E-state index in [2.05, 4.69) is 23.4 Å². The second-order valence-corrected chi connectivity index (χ2v) is 5.26. The van der Waals surface area contributed by atoms with Crippen molar-refractivity contribution in [1.29, 1.82) is 0 Å². The van der Waals surface area contributed by atoms with Crippen molar-refractivity contribution in [2.75, 3.05) is 7.11 Å². The molecule has 2 rings (SSSR count). The van der Waals surface area contributed by atoms with Crippen LogP contribution in [0.15, 0.2) is 36.7 Å². The normalized spacial score (nSPS) is 10.8. The lowest BCUT2D eigenvalue weighted by atomic mass is 10.1. The molecular weight excluding hydrogens is 252 g/mol. The van der Waals surface area contributed by atoms with E-state index in [1.165, 1.54) is 7.11 Å². The highest BCUT2D eigenvalue weighted by molar-refractivity contribution is 5.89. The summed E-state index contributed by atoms with van der Waals surface area (Å²) in [5.41, 5.74) is 1.71. The van der Waals surface area contributed by atoms with Crippen molar-refractivity contribution >= 4 is 5.97 Å². The molecule has 0 N–H and O–H groups in total. The van der Waals surface area contributed by atoms with Crippen LogP contribution < -0.4 is 0 Å². The fraction of sp³-hybridized carbons (Fsp3) is 0.375. The van der Waals surface area contributed by atoms with E-state index in [1.54, 1.807) is 12.1 Å². The Kier molecular flexibility index (Phi) is 4.56. The summed E-state index contributed by atoms with van der Waals surface area (Å²) in [7, 11) is 1.39. The molecular formula is C16H20N2O2. The lowest BCUT2D eigenvalue weighted by Gasteiger charge is -2.10. The quantitative estimate of drug-likeness (QED) is 0.786. The van der Waals surface area contributed by atoms with Gasteiger partial charge in [0.15, 0.2) is 0 Å². The lowest BCUT2D eigenvalue weighted by molar-refractivity contribution is 0.0600. The number of carbonyl (C=O) groups is 1. The highest BCUT2D eigenvalue weighted by Gasteiger charge is 2.07. The van der Waals surface area contributed by atoms with Crippen molar-refractivity contribution in [1.82, 2.24) is 9.55 Å². The van der Waals surface area contributed by atoms with Crippen LogP contribution in [-0.2, 0) is 17.7 Å². The molecule has 0 saturated heterocycles. The SMILES string of the molecule is COC(=O)c1ccc(Cn2ccnc2CC(C)C)cc1. The number of aromatic nitrogens is 2. The number of rotatable bonds is 5. The van der Waals surface area contributed by atoms with Crippen LogP contribution in [0.1, 0.15) is 35.6 Å². The molecule has 20 heavy (non-hydrogen) atoms. The van der Waals surface area contributed by atoms with Crippen LogP contribution in [0.2, 0.25) is 0 Å². The molecule has 4 nitrogen and oxygen atoms in total. The first kappa shape index (κ1) is 14.3. The van der Waals surface area contributed by atoms with Crippen molar-refractivity contribution in [2.24, 2.45) is 5.92 Å². The molecule has 2 aromatic rings. The molecule has 1 aromatic heterocycles. The summed E-state index contributed by atoms with van der Waals surface area (Å²) in [6.07, 6.45) is 4.79. The number of carbonyl (C=O) groups excluding carboxylic acids is 1. The fourth-order valence-corrected chi connectivity index (χ4v) is 2.10. The minimum absolute atomic E-state index is 0.306. The number of esters is 1. The third-order valence-corrected chi connectivity index (χ3v) is 3.12. The predicted molar refractivity (Wildman–Crippen MR) is 77.7 cm³/mol. The second-order valence-electron chi connectivity index (χ2n) is 5.26. The average molecular weight is 272 g/mol. The van der Waals surface area contributed by atoms with Crippen LogP contribution in [0.3, 0.4) is 0 Å². The standard InChI is InChI=1S/C16H20N2O2/c1-12(2)10-15-17-8-9-18(15)11-13-4-6-14(7-5-13)16(19)20-3/h4-9,12H,10-11H2,1-3H3. The van der Waals surface area contributed by atoms with Gasteiger partial charge in [0.05, 0.1) is 12.7 Å². The van der Waals surface area contributed by atoms with Crippen molar-refractivity contribution in [3.63, 3.8) is 0 Å². The van der Waals surface area contributed by atoms with Crippen LogP contribution >= 0.6 is 0 Å². The van der Waals surface area contributed by atoms with Crippen LogP contribution in [0.4, 0.5) is 0 Å². The van der Waals surface area contributed by atoms with Crippen LogP contribution in [0.5, 0.6) is 0 Å². The minimum Gasteiger partial charge on any atom is -0.465 e. The van der Waals surface area contributed by atoms with E-state index in [4.69, 9.17) is 4.74 Å². The van der Waals surface area contributed by atoms with Crippen LogP contribution in [0, 0.1) is 5.92 Å². The topological polar surface area (TPSA) is 44.1 Å². The van der Waals surface area contributed by atoms with Gasteiger partial charge in [0.1, 0.15) is 5.82 Å². The summed E-state index contributed by atoms with van der Waals surface area (Å²) in [4.78, 5) is 15.8. The Morgan fingerprint density at radius 1 is 1.30 bits per heavy atom. The average Bonchev–Trinajstić information content (AvgIpc) is 2.85. The lowest BCUT2D eigenvalue weighted by Crippen LogP contribution is -2.08. The largest absolute Gasteiger partial charge is 0.465 e. The van der Waals surface area contributed by atoms with E-state index in [0.717, 1.165) is 24.4 Å². The van der Waals surface area contributed by atoms with Gasteiger partial charge in [-0.1, -0.05) is 26.0 Å². The maximum Gasteiger partial charge on any atom is 0.337 e. The minimum atomic E-state index is -0.306. The molecule has 0 radical (unpaired) electrons. The van der Waals surface area contributed by atoms with E-state index in [9.17, 15) is 4.79 Å². The Hall–Kier alpha value is -2.10. The zero-order chi connectivity index (χ0) is 14.5. The molecule has 4 heteroatoms. The van der Waals surface area contributed by atoms with Gasteiger partial charge in [0.25, 0.3) is 0 Å². The number of imidazole rings is 1. The number of hydrogen-bond donors (Lipinski definition) is 0.